The molecular formula is C19H16BrFN6OS. The fourth-order valence-corrected chi connectivity index (χ4v) is 4.18. The van der Waals surface area contributed by atoms with Crippen LogP contribution in [-0.4, -0.2) is 29.6 Å². The van der Waals surface area contributed by atoms with E-state index >= 15 is 0 Å². The summed E-state index contributed by atoms with van der Waals surface area (Å²) in [6.07, 6.45) is 0. The summed E-state index contributed by atoms with van der Waals surface area (Å²) in [7, 11) is 1.81. The normalized spacial score (nSPS) is 11.2. The first-order valence-corrected chi connectivity index (χ1v) is 10.4. The molecule has 0 amide bonds. The average molecular weight is 475 g/mol. The highest BCUT2D eigenvalue weighted by molar-refractivity contribution is 9.10. The molecule has 4 rings (SSSR count). The van der Waals surface area contributed by atoms with Gasteiger partial charge in [-0.25, -0.2) is 9.07 Å². The van der Waals surface area contributed by atoms with E-state index in [2.05, 4.69) is 31.5 Å². The highest BCUT2D eigenvalue weighted by Crippen LogP contribution is 2.25. The van der Waals surface area contributed by atoms with Crippen LogP contribution in [0.25, 0.3) is 11.4 Å². The Morgan fingerprint density at radius 2 is 1.93 bits per heavy atom. The van der Waals surface area contributed by atoms with Crippen LogP contribution in [0.5, 0.6) is 0 Å². The molecule has 0 bridgehead atoms. The lowest BCUT2D eigenvalue weighted by atomic mass is 10.2. The number of nitrogens with zero attached hydrogens (tertiary/aromatic N) is 6. The van der Waals surface area contributed by atoms with E-state index in [4.69, 9.17) is 0 Å². The van der Waals surface area contributed by atoms with E-state index in [-0.39, 0.29) is 11.4 Å². The molecule has 2 aromatic heterocycles. The number of thioether (sulfide) groups is 1. The van der Waals surface area contributed by atoms with Gasteiger partial charge in [0.25, 0.3) is 5.56 Å². The standard InChI is InChI=1S/C19H16BrFN6OS/c1-12-17(18(28)27(25(12)2)15-6-4-3-5-7-15)26-19(22-23-24-26)29-11-13-8-9-14(20)10-16(13)21/h3-10H,11H2,1-2H3. The van der Waals surface area contributed by atoms with E-state index in [9.17, 15) is 9.18 Å². The molecule has 29 heavy (non-hydrogen) atoms. The van der Waals surface area contributed by atoms with Gasteiger partial charge in [0.1, 0.15) is 5.82 Å². The third-order valence-corrected chi connectivity index (χ3v) is 6.01. The lowest BCUT2D eigenvalue weighted by molar-refractivity contribution is 0.616. The molecule has 0 radical (unpaired) electrons. The van der Waals surface area contributed by atoms with Crippen molar-refractivity contribution in [3.05, 3.63) is 80.4 Å². The highest BCUT2D eigenvalue weighted by atomic mass is 79.9. The molecule has 0 saturated carbocycles. The number of halogens is 2. The number of benzene rings is 2. The van der Waals surface area contributed by atoms with E-state index in [1.165, 1.54) is 22.5 Å². The predicted molar refractivity (Wildman–Crippen MR) is 112 cm³/mol. The van der Waals surface area contributed by atoms with Gasteiger partial charge in [0.2, 0.25) is 5.16 Å². The minimum Gasteiger partial charge on any atom is -0.283 e. The van der Waals surface area contributed by atoms with Gasteiger partial charge >= 0.3 is 0 Å². The smallest absolute Gasteiger partial charge is 0.283 e. The molecule has 10 heteroatoms. The SMILES string of the molecule is Cc1c(-n2nnnc2SCc2ccc(Br)cc2F)c(=O)n(-c2ccccc2)n1C. The van der Waals surface area contributed by atoms with Gasteiger partial charge in [-0.3, -0.25) is 9.48 Å². The number of hydrogen-bond donors (Lipinski definition) is 0. The number of rotatable bonds is 5. The molecule has 0 aliphatic heterocycles. The highest BCUT2D eigenvalue weighted by Gasteiger charge is 2.22. The number of hydrogen-bond acceptors (Lipinski definition) is 5. The van der Waals surface area contributed by atoms with E-state index in [0.717, 1.165) is 5.69 Å². The third kappa shape index (κ3) is 3.65. The van der Waals surface area contributed by atoms with Crippen LogP contribution < -0.4 is 5.56 Å². The van der Waals surface area contributed by atoms with Crippen molar-refractivity contribution in [3.8, 4) is 11.4 Å². The van der Waals surface area contributed by atoms with Crippen LogP contribution >= 0.6 is 27.7 Å². The van der Waals surface area contributed by atoms with Gasteiger partial charge in [0.15, 0.2) is 5.69 Å². The molecule has 0 spiro atoms. The molecule has 2 aromatic carbocycles. The monoisotopic (exact) mass is 474 g/mol. The number of aromatic nitrogens is 6. The Labute approximate surface area is 178 Å². The van der Waals surface area contributed by atoms with Gasteiger partial charge in [0.05, 0.1) is 11.4 Å². The van der Waals surface area contributed by atoms with E-state index in [1.807, 2.05) is 44.3 Å². The zero-order chi connectivity index (χ0) is 20.5. The molecule has 0 N–H and O–H groups in total. The molecule has 148 valence electrons. The van der Waals surface area contributed by atoms with Crippen LogP contribution in [-0.2, 0) is 12.8 Å². The quantitative estimate of drug-likeness (QED) is 0.412. The van der Waals surface area contributed by atoms with Gasteiger partial charge in [-0.05, 0) is 47.2 Å². The van der Waals surface area contributed by atoms with Crippen LogP contribution in [0.15, 0.2) is 63.0 Å². The average Bonchev–Trinajstić information content (AvgIpc) is 3.24. The van der Waals surface area contributed by atoms with Crippen LogP contribution in [0, 0.1) is 12.7 Å². The summed E-state index contributed by atoms with van der Waals surface area (Å²) in [4.78, 5) is 13.2. The van der Waals surface area contributed by atoms with Crippen molar-refractivity contribution >= 4 is 27.7 Å². The minimum atomic E-state index is -0.312. The fourth-order valence-electron chi connectivity index (χ4n) is 2.99. The van der Waals surface area contributed by atoms with E-state index < -0.39 is 0 Å². The van der Waals surface area contributed by atoms with Gasteiger partial charge in [-0.15, -0.1) is 5.10 Å². The minimum absolute atomic E-state index is 0.236. The molecule has 0 unspecified atom stereocenters. The van der Waals surface area contributed by atoms with Crippen molar-refractivity contribution < 1.29 is 4.39 Å². The summed E-state index contributed by atoms with van der Waals surface area (Å²) < 4.78 is 19.5. The summed E-state index contributed by atoms with van der Waals surface area (Å²) in [5.41, 5.74) is 2.11. The fraction of sp³-hybridized carbons (Fsp3) is 0.158. The summed E-state index contributed by atoms with van der Waals surface area (Å²) in [5.74, 6) is 0.0198. The second-order valence-electron chi connectivity index (χ2n) is 6.31. The largest absolute Gasteiger partial charge is 0.297 e. The Bertz CT molecular complexity index is 1230. The molecule has 0 atom stereocenters. The molecular weight excluding hydrogens is 459 g/mol. The second kappa shape index (κ2) is 7.96. The molecule has 0 saturated heterocycles. The first-order valence-electron chi connectivity index (χ1n) is 8.67. The summed E-state index contributed by atoms with van der Waals surface area (Å²) in [6, 6.07) is 14.2. The van der Waals surface area contributed by atoms with E-state index in [1.54, 1.807) is 21.5 Å². The molecule has 0 aliphatic carbocycles. The maximum absolute atomic E-state index is 14.1. The maximum atomic E-state index is 14.1. The van der Waals surface area contributed by atoms with Crippen LogP contribution in [0.2, 0.25) is 0 Å². The van der Waals surface area contributed by atoms with Crippen molar-refractivity contribution in [1.29, 1.82) is 0 Å². The van der Waals surface area contributed by atoms with Crippen LogP contribution in [0.3, 0.4) is 0 Å². The topological polar surface area (TPSA) is 70.5 Å². The zero-order valence-corrected chi connectivity index (χ0v) is 18.0. The summed E-state index contributed by atoms with van der Waals surface area (Å²) in [5, 5.41) is 12.2. The molecule has 2 heterocycles. The molecule has 4 aromatic rings. The molecule has 0 fully saturated rings. The van der Waals surface area contributed by atoms with Crippen molar-refractivity contribution in [2.75, 3.05) is 0 Å². The van der Waals surface area contributed by atoms with Gasteiger partial charge in [-0.1, -0.05) is 52.0 Å². The Hall–Kier alpha value is -2.72. The molecule has 7 nitrogen and oxygen atoms in total. The Balaban J connectivity index is 1.71. The number of tetrazole rings is 1. The van der Waals surface area contributed by atoms with Crippen LogP contribution in [0.1, 0.15) is 11.3 Å². The van der Waals surface area contributed by atoms with Crippen molar-refractivity contribution in [2.45, 2.75) is 17.8 Å². The Morgan fingerprint density at radius 3 is 2.66 bits per heavy atom. The van der Waals surface area contributed by atoms with E-state index in [0.29, 0.717) is 32.3 Å². The van der Waals surface area contributed by atoms with Crippen molar-refractivity contribution in [2.24, 2.45) is 7.05 Å². The Morgan fingerprint density at radius 1 is 1.17 bits per heavy atom. The van der Waals surface area contributed by atoms with Gasteiger partial charge in [0, 0.05) is 17.3 Å². The third-order valence-electron chi connectivity index (χ3n) is 4.55. The lowest BCUT2D eigenvalue weighted by Crippen LogP contribution is -2.22. The second-order valence-corrected chi connectivity index (χ2v) is 8.17. The van der Waals surface area contributed by atoms with Crippen molar-refractivity contribution in [3.63, 3.8) is 0 Å². The zero-order valence-electron chi connectivity index (χ0n) is 15.6. The van der Waals surface area contributed by atoms with Crippen molar-refractivity contribution in [1.82, 2.24) is 29.6 Å². The van der Waals surface area contributed by atoms with Crippen LogP contribution in [0.4, 0.5) is 4.39 Å². The van der Waals surface area contributed by atoms with Gasteiger partial charge < -0.3 is 0 Å². The lowest BCUT2D eigenvalue weighted by Gasteiger charge is -2.07. The summed E-state index contributed by atoms with van der Waals surface area (Å²) in [6.45, 7) is 1.83. The Kier molecular flexibility index (Phi) is 5.37. The van der Waals surface area contributed by atoms with Gasteiger partial charge in [-0.2, -0.15) is 4.68 Å². The predicted octanol–water partition coefficient (Wildman–Crippen LogP) is 3.65. The summed E-state index contributed by atoms with van der Waals surface area (Å²) >= 11 is 4.51. The molecule has 0 aliphatic rings. The maximum Gasteiger partial charge on any atom is 0.297 e. The first kappa shape index (κ1) is 19.6. The first-order chi connectivity index (χ1) is 14.0. The number of para-hydroxylation sites is 1.